The molecule has 1 aliphatic rings. The molecular formula is C12H17BN2O. The molecule has 84 valence electrons. The van der Waals surface area contributed by atoms with Gasteiger partial charge in [-0.1, -0.05) is 20.8 Å². The fourth-order valence-electron chi connectivity index (χ4n) is 2.12. The molecule has 0 radical (unpaired) electrons. The van der Waals surface area contributed by atoms with Crippen molar-refractivity contribution in [1.82, 2.24) is 9.79 Å². The zero-order valence-corrected chi connectivity index (χ0v) is 10.4. The van der Waals surface area contributed by atoms with Gasteiger partial charge in [-0.15, -0.1) is 0 Å². The van der Waals surface area contributed by atoms with E-state index in [1.807, 2.05) is 14.0 Å². The molecule has 0 N–H and O–H groups in total. The molecule has 1 aromatic heterocycles. The van der Waals surface area contributed by atoms with Gasteiger partial charge in [0.2, 0.25) is 7.98 Å². The van der Waals surface area contributed by atoms with E-state index in [9.17, 15) is 4.79 Å². The Morgan fingerprint density at radius 1 is 1.50 bits per heavy atom. The quantitative estimate of drug-likeness (QED) is 0.660. The van der Waals surface area contributed by atoms with Crippen LogP contribution in [0.15, 0.2) is 12.3 Å². The number of pyridine rings is 1. The number of fused-ring (bicyclic) bond motifs is 1. The first-order chi connectivity index (χ1) is 7.38. The summed E-state index contributed by atoms with van der Waals surface area (Å²) in [5.41, 5.74) is 3.25. The molecule has 3 nitrogen and oxygen atoms in total. The average molecular weight is 216 g/mol. The van der Waals surface area contributed by atoms with E-state index in [0.717, 1.165) is 12.0 Å². The van der Waals surface area contributed by atoms with Crippen LogP contribution in [0.2, 0.25) is 0 Å². The summed E-state index contributed by atoms with van der Waals surface area (Å²) in [4.78, 5) is 17.7. The minimum absolute atomic E-state index is 0.0470. The number of rotatable bonds is 1. The first-order valence-corrected chi connectivity index (χ1v) is 5.61. The first-order valence-electron chi connectivity index (χ1n) is 5.61. The molecule has 16 heavy (non-hydrogen) atoms. The summed E-state index contributed by atoms with van der Waals surface area (Å²) in [7, 11) is 1.82. The average Bonchev–Trinajstić information content (AvgIpc) is 2.43. The van der Waals surface area contributed by atoms with Crippen molar-refractivity contribution in [2.75, 3.05) is 0 Å². The Bertz CT molecular complexity index is 437. The van der Waals surface area contributed by atoms with Crippen LogP contribution in [0.5, 0.6) is 0 Å². The summed E-state index contributed by atoms with van der Waals surface area (Å²) in [5, 5.41) is 0. The number of nitrogens with zero attached hydrogens (tertiary/aromatic N) is 2. The number of carbonyl (C=O) groups is 1. The molecule has 0 aliphatic carbocycles. The molecule has 0 saturated heterocycles. The Morgan fingerprint density at radius 2 is 2.19 bits per heavy atom. The fraction of sp³-hybridized carbons (Fsp3) is 0.500. The van der Waals surface area contributed by atoms with Gasteiger partial charge in [-0.2, -0.15) is 0 Å². The van der Waals surface area contributed by atoms with Gasteiger partial charge in [0.05, 0.1) is 0 Å². The minimum Gasteiger partial charge on any atom is -0.384 e. The highest BCUT2D eigenvalue weighted by Gasteiger charge is 2.28. The Labute approximate surface area is 97.3 Å². The Kier molecular flexibility index (Phi) is 2.52. The second kappa shape index (κ2) is 3.61. The SMILES string of the molecule is BN1Cc2c(CC(C)(C)C)ccnc2C1=O. The summed E-state index contributed by atoms with van der Waals surface area (Å²) in [6, 6.07) is 2.04. The number of carbonyl (C=O) groups excluding carboxylic acids is 1. The Morgan fingerprint density at radius 3 is 2.81 bits per heavy atom. The van der Waals surface area contributed by atoms with Crippen molar-refractivity contribution in [3.8, 4) is 0 Å². The lowest BCUT2D eigenvalue weighted by Crippen LogP contribution is -2.20. The van der Waals surface area contributed by atoms with Gasteiger partial charge < -0.3 is 4.81 Å². The van der Waals surface area contributed by atoms with E-state index < -0.39 is 0 Å². The normalized spacial score (nSPS) is 15.4. The third kappa shape index (κ3) is 1.97. The first kappa shape index (κ1) is 11.2. The van der Waals surface area contributed by atoms with Crippen molar-refractivity contribution in [3.05, 3.63) is 29.1 Å². The van der Waals surface area contributed by atoms with Crippen molar-refractivity contribution in [2.45, 2.75) is 33.7 Å². The van der Waals surface area contributed by atoms with Crippen molar-refractivity contribution >= 4 is 13.9 Å². The second-order valence-electron chi connectivity index (χ2n) is 5.70. The smallest absolute Gasteiger partial charge is 0.260 e. The molecule has 1 aromatic rings. The fourth-order valence-corrected chi connectivity index (χ4v) is 2.12. The van der Waals surface area contributed by atoms with Crippen LogP contribution < -0.4 is 0 Å². The van der Waals surface area contributed by atoms with Gasteiger partial charge in [-0.3, -0.25) is 9.78 Å². The molecule has 0 atom stereocenters. The maximum atomic E-state index is 11.8. The maximum absolute atomic E-state index is 11.8. The largest absolute Gasteiger partial charge is 0.384 e. The lowest BCUT2D eigenvalue weighted by atomic mass is 9.86. The van der Waals surface area contributed by atoms with Gasteiger partial charge in [0.1, 0.15) is 5.69 Å². The standard InChI is InChI=1S/C12H17BN2O/c1-12(2,3)6-8-4-5-14-10-9(8)7-15(13)11(10)16/h4-5H,6-7,13H2,1-3H3. The Hall–Kier alpha value is -1.32. The summed E-state index contributed by atoms with van der Waals surface area (Å²) in [6.07, 6.45) is 2.73. The van der Waals surface area contributed by atoms with E-state index in [-0.39, 0.29) is 11.3 Å². The van der Waals surface area contributed by atoms with Crippen molar-refractivity contribution in [1.29, 1.82) is 0 Å². The van der Waals surface area contributed by atoms with E-state index in [1.165, 1.54) is 5.56 Å². The molecule has 0 spiro atoms. The van der Waals surface area contributed by atoms with Crippen LogP contribution in [-0.2, 0) is 13.0 Å². The lowest BCUT2D eigenvalue weighted by Gasteiger charge is -2.19. The monoisotopic (exact) mass is 216 g/mol. The number of amides is 1. The Balaban J connectivity index is 2.40. The third-order valence-corrected chi connectivity index (χ3v) is 2.82. The van der Waals surface area contributed by atoms with E-state index >= 15 is 0 Å². The molecule has 4 heteroatoms. The van der Waals surface area contributed by atoms with Gasteiger partial charge in [0.15, 0.2) is 0 Å². The molecule has 0 bridgehead atoms. The molecule has 1 amide bonds. The van der Waals surface area contributed by atoms with Gasteiger partial charge >= 0.3 is 0 Å². The molecule has 0 unspecified atom stereocenters. The van der Waals surface area contributed by atoms with Crippen LogP contribution in [0.4, 0.5) is 0 Å². The van der Waals surface area contributed by atoms with Gasteiger partial charge in [0, 0.05) is 18.3 Å². The number of hydrogen-bond donors (Lipinski definition) is 0. The van der Waals surface area contributed by atoms with Crippen LogP contribution in [0.25, 0.3) is 0 Å². The van der Waals surface area contributed by atoms with E-state index in [2.05, 4.69) is 25.8 Å². The highest BCUT2D eigenvalue weighted by atomic mass is 16.2. The molecular weight excluding hydrogens is 199 g/mol. The molecule has 0 saturated carbocycles. The summed E-state index contributed by atoms with van der Waals surface area (Å²) in [6.45, 7) is 7.33. The van der Waals surface area contributed by atoms with Crippen molar-refractivity contribution in [3.63, 3.8) is 0 Å². The molecule has 2 heterocycles. The zero-order chi connectivity index (χ0) is 11.9. The topological polar surface area (TPSA) is 33.2 Å². The van der Waals surface area contributed by atoms with E-state index in [4.69, 9.17) is 0 Å². The summed E-state index contributed by atoms with van der Waals surface area (Å²) in [5.74, 6) is 0.0470. The molecule has 2 rings (SSSR count). The van der Waals surface area contributed by atoms with Crippen molar-refractivity contribution < 1.29 is 4.79 Å². The summed E-state index contributed by atoms with van der Waals surface area (Å²) < 4.78 is 0. The van der Waals surface area contributed by atoms with Gasteiger partial charge in [0.25, 0.3) is 5.91 Å². The maximum Gasteiger partial charge on any atom is 0.260 e. The van der Waals surface area contributed by atoms with Gasteiger partial charge in [-0.25, -0.2) is 0 Å². The van der Waals surface area contributed by atoms with Crippen LogP contribution in [0.3, 0.4) is 0 Å². The van der Waals surface area contributed by atoms with Crippen LogP contribution in [0, 0.1) is 5.41 Å². The van der Waals surface area contributed by atoms with Crippen LogP contribution in [0.1, 0.15) is 42.4 Å². The number of aromatic nitrogens is 1. The molecule has 1 aliphatic heterocycles. The van der Waals surface area contributed by atoms with Crippen molar-refractivity contribution in [2.24, 2.45) is 5.41 Å². The molecule has 0 fully saturated rings. The third-order valence-electron chi connectivity index (χ3n) is 2.82. The predicted molar refractivity (Wildman–Crippen MR) is 65.8 cm³/mol. The minimum atomic E-state index is 0.0470. The predicted octanol–water partition coefficient (Wildman–Crippen LogP) is 1.17. The van der Waals surface area contributed by atoms with Crippen LogP contribution >= 0.6 is 0 Å². The van der Waals surface area contributed by atoms with E-state index in [1.54, 1.807) is 11.0 Å². The highest BCUT2D eigenvalue weighted by Crippen LogP contribution is 2.28. The highest BCUT2D eigenvalue weighted by molar-refractivity contribution is 6.19. The lowest BCUT2D eigenvalue weighted by molar-refractivity contribution is 0.0876. The second-order valence-corrected chi connectivity index (χ2v) is 5.70. The zero-order valence-electron chi connectivity index (χ0n) is 10.4. The van der Waals surface area contributed by atoms with E-state index in [0.29, 0.717) is 12.2 Å². The number of hydrogen-bond acceptors (Lipinski definition) is 2. The molecule has 0 aromatic carbocycles. The van der Waals surface area contributed by atoms with Crippen LogP contribution in [-0.4, -0.2) is 23.7 Å². The van der Waals surface area contributed by atoms with Gasteiger partial charge in [-0.05, 0) is 23.5 Å². The summed E-state index contributed by atoms with van der Waals surface area (Å²) >= 11 is 0.